The first-order chi connectivity index (χ1) is 15.6. The van der Waals surface area contributed by atoms with Crippen LogP contribution in [0.25, 0.3) is 10.9 Å². The van der Waals surface area contributed by atoms with Crippen molar-refractivity contribution in [2.24, 2.45) is 0 Å². The predicted molar refractivity (Wildman–Crippen MR) is 123 cm³/mol. The van der Waals surface area contributed by atoms with Crippen molar-refractivity contribution in [3.05, 3.63) is 82.7 Å². The van der Waals surface area contributed by atoms with Gasteiger partial charge in [-0.05, 0) is 48.7 Å². The van der Waals surface area contributed by atoms with Crippen LogP contribution in [0, 0.1) is 0 Å². The number of methoxy groups -OCH3 is 1. The summed E-state index contributed by atoms with van der Waals surface area (Å²) in [6, 6.07) is 13.4. The van der Waals surface area contributed by atoms with E-state index in [4.69, 9.17) is 20.8 Å². The molecule has 1 aliphatic rings. The number of piperidine rings is 1. The van der Waals surface area contributed by atoms with E-state index < -0.39 is 0 Å². The van der Waals surface area contributed by atoms with Gasteiger partial charge in [-0.2, -0.15) is 0 Å². The van der Waals surface area contributed by atoms with Crippen molar-refractivity contribution in [2.45, 2.75) is 25.2 Å². The number of H-pyrrole nitrogens is 1. The molecular formula is C25H24ClN3O3. The quantitative estimate of drug-likeness (QED) is 0.441. The normalized spacial score (nSPS) is 16.4. The van der Waals surface area contributed by atoms with Gasteiger partial charge in [0.2, 0.25) is 0 Å². The lowest BCUT2D eigenvalue weighted by molar-refractivity contribution is 0.0700. The molecule has 0 saturated carbocycles. The summed E-state index contributed by atoms with van der Waals surface area (Å²) >= 11 is 5.97. The van der Waals surface area contributed by atoms with Crippen LogP contribution in [0.15, 0.2) is 59.3 Å². The number of hydrogen-bond acceptors (Lipinski definition) is 4. The van der Waals surface area contributed by atoms with E-state index in [0.717, 1.165) is 47.4 Å². The summed E-state index contributed by atoms with van der Waals surface area (Å²) in [5, 5.41) is 1.59. The van der Waals surface area contributed by atoms with E-state index in [1.54, 1.807) is 19.5 Å². The van der Waals surface area contributed by atoms with Gasteiger partial charge < -0.3 is 19.0 Å². The molecule has 0 aliphatic carbocycles. The Hall–Kier alpha value is -3.25. The van der Waals surface area contributed by atoms with E-state index in [0.29, 0.717) is 29.4 Å². The minimum absolute atomic E-state index is 0.0159. The maximum atomic E-state index is 13.3. The van der Waals surface area contributed by atoms with Crippen molar-refractivity contribution >= 4 is 28.4 Å². The van der Waals surface area contributed by atoms with Crippen LogP contribution >= 0.6 is 11.6 Å². The van der Waals surface area contributed by atoms with Gasteiger partial charge in [0.05, 0.1) is 24.8 Å². The number of likely N-dealkylation sites (tertiary alicyclic amines) is 1. The average molecular weight is 450 g/mol. The van der Waals surface area contributed by atoms with Crippen LogP contribution in [-0.4, -0.2) is 41.0 Å². The molecule has 2 aromatic carbocycles. The van der Waals surface area contributed by atoms with Crippen molar-refractivity contribution in [3.63, 3.8) is 0 Å². The Bertz CT molecular complexity index is 1250. The minimum Gasteiger partial charge on any atom is -0.497 e. The highest BCUT2D eigenvalue weighted by atomic mass is 35.5. The fraction of sp³-hybridized carbons (Fsp3) is 0.280. The van der Waals surface area contributed by atoms with Gasteiger partial charge in [0, 0.05) is 41.6 Å². The van der Waals surface area contributed by atoms with Gasteiger partial charge in [0.25, 0.3) is 5.91 Å². The Morgan fingerprint density at radius 2 is 2.12 bits per heavy atom. The van der Waals surface area contributed by atoms with Crippen LogP contribution < -0.4 is 4.74 Å². The van der Waals surface area contributed by atoms with Gasteiger partial charge in [-0.15, -0.1) is 0 Å². The molecule has 1 fully saturated rings. The summed E-state index contributed by atoms with van der Waals surface area (Å²) in [5.41, 5.74) is 2.70. The zero-order valence-electron chi connectivity index (χ0n) is 17.8. The van der Waals surface area contributed by atoms with E-state index in [1.807, 2.05) is 47.4 Å². The monoisotopic (exact) mass is 449 g/mol. The molecular weight excluding hydrogens is 426 g/mol. The molecule has 5 rings (SSSR count). The number of aromatic nitrogens is 2. The number of rotatable bonds is 5. The lowest BCUT2D eigenvalue weighted by Crippen LogP contribution is -2.39. The van der Waals surface area contributed by atoms with Gasteiger partial charge in [0.15, 0.2) is 5.89 Å². The molecule has 1 saturated heterocycles. The number of nitrogens with one attached hydrogen (secondary N) is 1. The summed E-state index contributed by atoms with van der Waals surface area (Å²) in [5.74, 6) is 2.35. The van der Waals surface area contributed by atoms with Crippen molar-refractivity contribution in [3.8, 4) is 5.75 Å². The van der Waals surface area contributed by atoms with E-state index in [1.165, 1.54) is 0 Å². The molecule has 0 radical (unpaired) electrons. The van der Waals surface area contributed by atoms with Crippen LogP contribution in [0.3, 0.4) is 0 Å². The number of hydrogen-bond donors (Lipinski definition) is 1. The number of fused-ring (bicyclic) bond motifs is 1. The Labute approximate surface area is 191 Å². The van der Waals surface area contributed by atoms with Gasteiger partial charge >= 0.3 is 0 Å². The summed E-state index contributed by atoms with van der Waals surface area (Å²) in [6.45, 7) is 1.32. The minimum atomic E-state index is 0.0159. The van der Waals surface area contributed by atoms with E-state index in [-0.39, 0.29) is 11.8 Å². The first-order valence-corrected chi connectivity index (χ1v) is 11.1. The number of carbonyl (C=O) groups excluding carboxylic acids is 1. The molecule has 164 valence electrons. The molecule has 3 heterocycles. The fourth-order valence-corrected chi connectivity index (χ4v) is 4.46. The average Bonchev–Trinajstić information content (AvgIpc) is 3.47. The maximum Gasteiger partial charge on any atom is 0.256 e. The smallest absolute Gasteiger partial charge is 0.256 e. The molecule has 0 unspecified atom stereocenters. The molecule has 0 bridgehead atoms. The van der Waals surface area contributed by atoms with Crippen LogP contribution in [0.2, 0.25) is 5.02 Å². The van der Waals surface area contributed by atoms with Crippen LogP contribution in [0.4, 0.5) is 0 Å². The number of ether oxygens (including phenoxy) is 1. The highest BCUT2D eigenvalue weighted by Crippen LogP contribution is 2.30. The second-order valence-electron chi connectivity index (χ2n) is 8.17. The maximum absolute atomic E-state index is 13.3. The molecule has 32 heavy (non-hydrogen) atoms. The molecule has 1 atom stereocenters. The van der Waals surface area contributed by atoms with Crippen molar-refractivity contribution in [1.29, 1.82) is 0 Å². The number of nitrogens with zero attached hydrogens (tertiary/aromatic N) is 2. The van der Waals surface area contributed by atoms with E-state index >= 15 is 0 Å². The Morgan fingerprint density at radius 3 is 2.94 bits per heavy atom. The molecule has 7 heteroatoms. The molecule has 2 aromatic heterocycles. The first kappa shape index (κ1) is 20.6. The summed E-state index contributed by atoms with van der Waals surface area (Å²) in [6.07, 6.45) is 6.10. The number of aromatic amines is 1. The highest BCUT2D eigenvalue weighted by molar-refractivity contribution is 6.30. The lowest BCUT2D eigenvalue weighted by atomic mass is 9.97. The standard InChI is InChI=1S/C25H24ClN3O3/c1-31-19-8-9-23-21(12-19)22(14-27-23)25(30)29-10-2-3-17(15-29)24-28-13-20(32-24)11-16-4-6-18(26)7-5-16/h4-9,12-14,17,27H,2-3,10-11,15H2,1H3/t17-/m0/s1. The van der Waals surface area contributed by atoms with Gasteiger partial charge in [-0.25, -0.2) is 4.98 Å². The Kier molecular flexibility index (Phi) is 5.62. The third-order valence-electron chi connectivity index (χ3n) is 6.04. The fourth-order valence-electron chi connectivity index (χ4n) is 4.33. The van der Waals surface area contributed by atoms with Gasteiger partial charge in [-0.3, -0.25) is 4.79 Å². The number of oxazole rings is 1. The second-order valence-corrected chi connectivity index (χ2v) is 8.61. The second kappa shape index (κ2) is 8.71. The predicted octanol–water partition coefficient (Wildman–Crippen LogP) is 5.43. The summed E-state index contributed by atoms with van der Waals surface area (Å²) in [4.78, 5) is 23.0. The zero-order valence-corrected chi connectivity index (χ0v) is 18.6. The molecule has 0 spiro atoms. The van der Waals surface area contributed by atoms with Crippen molar-refractivity contribution < 1.29 is 13.9 Å². The van der Waals surface area contributed by atoms with Crippen LogP contribution in [0.5, 0.6) is 5.75 Å². The summed E-state index contributed by atoms with van der Waals surface area (Å²) < 4.78 is 11.4. The third kappa shape index (κ3) is 4.10. The van der Waals surface area contributed by atoms with E-state index in [9.17, 15) is 4.79 Å². The van der Waals surface area contributed by atoms with Gasteiger partial charge in [-0.1, -0.05) is 23.7 Å². The third-order valence-corrected chi connectivity index (χ3v) is 6.29. The molecule has 1 amide bonds. The molecule has 4 aromatic rings. The molecule has 6 nitrogen and oxygen atoms in total. The van der Waals surface area contributed by atoms with Gasteiger partial charge in [0.1, 0.15) is 11.5 Å². The molecule has 1 aliphatic heterocycles. The molecule has 1 N–H and O–H groups in total. The SMILES string of the molecule is COc1ccc2[nH]cc(C(=O)N3CCC[C@H](c4ncc(Cc5ccc(Cl)cc5)o4)C3)c2c1. The van der Waals surface area contributed by atoms with Crippen LogP contribution in [0.1, 0.15) is 46.3 Å². The number of carbonyl (C=O) groups is 1. The summed E-state index contributed by atoms with van der Waals surface area (Å²) in [7, 11) is 1.63. The van der Waals surface area contributed by atoms with Crippen molar-refractivity contribution in [2.75, 3.05) is 20.2 Å². The Balaban J connectivity index is 1.31. The van der Waals surface area contributed by atoms with Crippen LogP contribution in [-0.2, 0) is 6.42 Å². The highest BCUT2D eigenvalue weighted by Gasteiger charge is 2.29. The number of halogens is 1. The van der Waals surface area contributed by atoms with E-state index in [2.05, 4.69) is 9.97 Å². The lowest BCUT2D eigenvalue weighted by Gasteiger charge is -2.31. The largest absolute Gasteiger partial charge is 0.497 e. The zero-order chi connectivity index (χ0) is 22.1. The van der Waals surface area contributed by atoms with Crippen molar-refractivity contribution in [1.82, 2.24) is 14.9 Å². The number of benzene rings is 2. The Morgan fingerprint density at radius 1 is 1.28 bits per heavy atom. The first-order valence-electron chi connectivity index (χ1n) is 10.7. The topological polar surface area (TPSA) is 71.4 Å². The number of amides is 1.